The Hall–Kier alpha value is -2.63. The molecule has 25 heavy (non-hydrogen) atoms. The number of carbonyl (C=O) groups excluding carboxylic acids is 1. The van der Waals surface area contributed by atoms with Gasteiger partial charge in [-0.2, -0.15) is 0 Å². The van der Waals surface area contributed by atoms with Gasteiger partial charge < -0.3 is 14.7 Å². The second-order valence-electron chi connectivity index (χ2n) is 6.58. The summed E-state index contributed by atoms with van der Waals surface area (Å²) in [6, 6.07) is 10.5. The smallest absolute Gasteiger partial charge is 0.256 e. The molecule has 1 aromatic heterocycles. The number of hydrogen-bond acceptors (Lipinski definition) is 5. The highest BCUT2D eigenvalue weighted by Gasteiger charge is 2.22. The van der Waals surface area contributed by atoms with E-state index in [1.165, 1.54) is 5.69 Å². The van der Waals surface area contributed by atoms with E-state index in [1.807, 2.05) is 11.0 Å². The fourth-order valence-electron chi connectivity index (χ4n) is 3.50. The number of benzene rings is 1. The van der Waals surface area contributed by atoms with E-state index in [1.54, 1.807) is 12.4 Å². The third-order valence-electron chi connectivity index (χ3n) is 4.96. The molecule has 0 saturated carbocycles. The van der Waals surface area contributed by atoms with Gasteiger partial charge in [-0.15, -0.1) is 0 Å². The van der Waals surface area contributed by atoms with Gasteiger partial charge in [0.25, 0.3) is 5.91 Å². The van der Waals surface area contributed by atoms with Crippen LogP contribution in [0.5, 0.6) is 0 Å². The van der Waals surface area contributed by atoms with E-state index in [0.29, 0.717) is 11.5 Å². The van der Waals surface area contributed by atoms with Crippen LogP contribution in [0.2, 0.25) is 0 Å². The first-order valence-electron chi connectivity index (χ1n) is 8.97. The summed E-state index contributed by atoms with van der Waals surface area (Å²) >= 11 is 0. The molecule has 4 rings (SSSR count). The molecule has 0 atom stereocenters. The van der Waals surface area contributed by atoms with E-state index in [9.17, 15) is 4.79 Å². The number of hydrogen-bond donors (Lipinski definition) is 0. The maximum atomic E-state index is 12.4. The monoisotopic (exact) mass is 337 g/mol. The largest absolute Gasteiger partial charge is 0.368 e. The van der Waals surface area contributed by atoms with Crippen molar-refractivity contribution in [2.24, 2.45) is 0 Å². The molecular weight excluding hydrogens is 314 g/mol. The predicted molar refractivity (Wildman–Crippen MR) is 98.0 cm³/mol. The molecule has 0 radical (unpaired) electrons. The quantitative estimate of drug-likeness (QED) is 0.858. The Kier molecular flexibility index (Phi) is 4.50. The molecule has 6 heteroatoms. The Balaban J connectivity index is 1.37. The Morgan fingerprint density at radius 3 is 2.04 bits per heavy atom. The second-order valence-corrected chi connectivity index (χ2v) is 6.58. The highest BCUT2D eigenvalue weighted by molar-refractivity contribution is 5.93. The van der Waals surface area contributed by atoms with Crippen LogP contribution >= 0.6 is 0 Å². The number of likely N-dealkylation sites (tertiary alicyclic amines) is 1. The summed E-state index contributed by atoms with van der Waals surface area (Å²) in [7, 11) is 0. The lowest BCUT2D eigenvalue weighted by Crippen LogP contribution is -2.47. The zero-order valence-electron chi connectivity index (χ0n) is 14.3. The first-order chi connectivity index (χ1) is 12.3. The molecule has 2 aliphatic rings. The van der Waals surface area contributed by atoms with Crippen LogP contribution in [0.25, 0.3) is 0 Å². The number of anilines is 2. The molecule has 6 nitrogen and oxygen atoms in total. The van der Waals surface area contributed by atoms with Gasteiger partial charge in [-0.1, -0.05) is 18.2 Å². The molecule has 2 aromatic rings. The van der Waals surface area contributed by atoms with Crippen LogP contribution in [0, 0.1) is 0 Å². The van der Waals surface area contributed by atoms with Gasteiger partial charge in [0, 0.05) is 57.3 Å². The lowest BCUT2D eigenvalue weighted by molar-refractivity contribution is 0.0792. The van der Waals surface area contributed by atoms with E-state index in [0.717, 1.165) is 52.1 Å². The summed E-state index contributed by atoms with van der Waals surface area (Å²) in [5.41, 5.74) is 1.85. The average Bonchev–Trinajstić information content (AvgIpc) is 3.23. The molecule has 1 aromatic carbocycles. The van der Waals surface area contributed by atoms with Gasteiger partial charge in [0.15, 0.2) is 0 Å². The minimum absolute atomic E-state index is 0.0537. The maximum Gasteiger partial charge on any atom is 0.256 e. The van der Waals surface area contributed by atoms with E-state index < -0.39 is 0 Å². The minimum Gasteiger partial charge on any atom is -0.368 e. The molecule has 0 bridgehead atoms. The highest BCUT2D eigenvalue weighted by atomic mass is 16.2. The van der Waals surface area contributed by atoms with Crippen LogP contribution in [-0.2, 0) is 0 Å². The van der Waals surface area contributed by atoms with Gasteiger partial charge in [0.1, 0.15) is 0 Å². The first-order valence-corrected chi connectivity index (χ1v) is 8.97. The number of carbonyl (C=O) groups is 1. The van der Waals surface area contributed by atoms with Crippen molar-refractivity contribution in [3.63, 3.8) is 0 Å². The molecule has 2 fully saturated rings. The molecule has 130 valence electrons. The Morgan fingerprint density at radius 2 is 1.40 bits per heavy atom. The summed E-state index contributed by atoms with van der Waals surface area (Å²) in [6.45, 7) is 5.36. The highest BCUT2D eigenvalue weighted by Crippen LogP contribution is 2.18. The molecule has 2 aliphatic heterocycles. The lowest BCUT2D eigenvalue weighted by Gasteiger charge is -2.36. The standard InChI is InChI=1S/C19H23N5O/c25-18(23-8-4-5-9-23)16-14-20-19(21-15-16)24-12-10-22(11-13-24)17-6-2-1-3-7-17/h1-3,6-7,14-15H,4-5,8-13H2. The molecule has 0 N–H and O–H groups in total. The van der Waals surface area contributed by atoms with E-state index >= 15 is 0 Å². The number of amides is 1. The van der Waals surface area contributed by atoms with Gasteiger partial charge in [-0.3, -0.25) is 4.79 Å². The number of rotatable bonds is 3. The second kappa shape index (κ2) is 7.09. The molecule has 0 spiro atoms. The molecule has 0 aliphatic carbocycles. The molecular formula is C19H23N5O. The molecule has 3 heterocycles. The number of aromatic nitrogens is 2. The fourth-order valence-corrected chi connectivity index (χ4v) is 3.50. The lowest BCUT2D eigenvalue weighted by atomic mass is 10.2. The van der Waals surface area contributed by atoms with E-state index in [2.05, 4.69) is 44.0 Å². The van der Waals surface area contributed by atoms with Crippen molar-refractivity contribution in [2.45, 2.75) is 12.8 Å². The van der Waals surface area contributed by atoms with Crippen LogP contribution in [0.15, 0.2) is 42.7 Å². The predicted octanol–water partition coefficient (Wildman–Crippen LogP) is 2.04. The maximum absolute atomic E-state index is 12.4. The first kappa shape index (κ1) is 15.9. The Morgan fingerprint density at radius 1 is 0.800 bits per heavy atom. The minimum atomic E-state index is 0.0537. The van der Waals surface area contributed by atoms with Crippen LogP contribution in [-0.4, -0.2) is 60.0 Å². The van der Waals surface area contributed by atoms with Crippen molar-refractivity contribution >= 4 is 17.5 Å². The third kappa shape index (κ3) is 3.43. The van der Waals surface area contributed by atoms with Gasteiger partial charge in [0.2, 0.25) is 5.95 Å². The summed E-state index contributed by atoms with van der Waals surface area (Å²) in [5.74, 6) is 0.767. The SMILES string of the molecule is O=C(c1cnc(N2CCN(c3ccccc3)CC2)nc1)N1CCCC1. The van der Waals surface area contributed by atoms with Crippen LogP contribution < -0.4 is 9.80 Å². The number of piperazine rings is 1. The van der Waals surface area contributed by atoms with Crippen molar-refractivity contribution in [1.82, 2.24) is 14.9 Å². The summed E-state index contributed by atoms with van der Waals surface area (Å²) in [4.78, 5) is 27.7. The van der Waals surface area contributed by atoms with Gasteiger partial charge in [-0.25, -0.2) is 9.97 Å². The van der Waals surface area contributed by atoms with Crippen molar-refractivity contribution in [1.29, 1.82) is 0 Å². The number of para-hydroxylation sites is 1. The van der Waals surface area contributed by atoms with Gasteiger partial charge >= 0.3 is 0 Å². The van der Waals surface area contributed by atoms with Crippen molar-refractivity contribution in [3.8, 4) is 0 Å². The average molecular weight is 337 g/mol. The molecule has 0 unspecified atom stereocenters. The van der Waals surface area contributed by atoms with Gasteiger partial charge in [0.05, 0.1) is 5.56 Å². The van der Waals surface area contributed by atoms with E-state index in [4.69, 9.17) is 0 Å². The topological polar surface area (TPSA) is 52.6 Å². The zero-order valence-corrected chi connectivity index (χ0v) is 14.3. The van der Waals surface area contributed by atoms with Crippen molar-refractivity contribution in [3.05, 3.63) is 48.3 Å². The fraction of sp³-hybridized carbons (Fsp3) is 0.421. The Bertz CT molecular complexity index is 704. The van der Waals surface area contributed by atoms with Crippen LogP contribution in [0.4, 0.5) is 11.6 Å². The van der Waals surface area contributed by atoms with Crippen molar-refractivity contribution < 1.29 is 4.79 Å². The third-order valence-corrected chi connectivity index (χ3v) is 4.96. The summed E-state index contributed by atoms with van der Waals surface area (Å²) in [5, 5.41) is 0. The van der Waals surface area contributed by atoms with Crippen molar-refractivity contribution in [2.75, 3.05) is 49.1 Å². The van der Waals surface area contributed by atoms with Gasteiger partial charge in [-0.05, 0) is 25.0 Å². The molecule has 1 amide bonds. The Labute approximate surface area is 148 Å². The molecule has 2 saturated heterocycles. The van der Waals surface area contributed by atoms with Crippen LogP contribution in [0.1, 0.15) is 23.2 Å². The number of nitrogens with zero attached hydrogens (tertiary/aromatic N) is 5. The summed E-state index contributed by atoms with van der Waals surface area (Å²) in [6.07, 6.45) is 5.53. The summed E-state index contributed by atoms with van der Waals surface area (Å²) < 4.78 is 0. The van der Waals surface area contributed by atoms with Crippen LogP contribution in [0.3, 0.4) is 0 Å². The van der Waals surface area contributed by atoms with E-state index in [-0.39, 0.29) is 5.91 Å². The normalized spacial score (nSPS) is 17.8. The zero-order chi connectivity index (χ0) is 17.1.